The number of aryl methyl sites for hydroxylation is 1. The predicted molar refractivity (Wildman–Crippen MR) is 87.3 cm³/mol. The van der Waals surface area contributed by atoms with E-state index < -0.39 is 0 Å². The van der Waals surface area contributed by atoms with Gasteiger partial charge in [-0.15, -0.1) is 0 Å². The Labute approximate surface area is 134 Å². The monoisotopic (exact) mass is 309 g/mol. The standard InChI is InChI=1S/C18H19N3O2/c1-14-6-7-17(23-14)8-10-19-18(22)16-5-2-4-15(12-16)13-21-11-3-9-20-21/h2-7,9,11-12H,8,10,13H2,1H3,(H,19,22). The van der Waals surface area contributed by atoms with Crippen LogP contribution in [-0.4, -0.2) is 22.2 Å². The predicted octanol–water partition coefficient (Wildman–Crippen LogP) is 2.81. The average molecular weight is 309 g/mol. The van der Waals surface area contributed by atoms with Gasteiger partial charge in [-0.05, 0) is 42.8 Å². The number of rotatable bonds is 6. The fourth-order valence-electron chi connectivity index (χ4n) is 2.41. The maximum absolute atomic E-state index is 12.2. The minimum Gasteiger partial charge on any atom is -0.466 e. The molecule has 0 unspecified atom stereocenters. The van der Waals surface area contributed by atoms with Gasteiger partial charge in [0.2, 0.25) is 0 Å². The second-order valence-corrected chi connectivity index (χ2v) is 5.42. The minimum atomic E-state index is -0.0735. The summed E-state index contributed by atoms with van der Waals surface area (Å²) >= 11 is 0. The third kappa shape index (κ3) is 4.10. The lowest BCUT2D eigenvalue weighted by atomic mass is 10.1. The molecule has 1 N–H and O–H groups in total. The summed E-state index contributed by atoms with van der Waals surface area (Å²) in [5, 5.41) is 7.10. The van der Waals surface area contributed by atoms with Crippen molar-refractivity contribution >= 4 is 5.91 Å². The molecule has 23 heavy (non-hydrogen) atoms. The van der Waals surface area contributed by atoms with Crippen molar-refractivity contribution in [3.63, 3.8) is 0 Å². The highest BCUT2D eigenvalue weighted by Crippen LogP contribution is 2.08. The van der Waals surface area contributed by atoms with Gasteiger partial charge in [0.15, 0.2) is 0 Å². The molecule has 1 amide bonds. The molecule has 2 heterocycles. The van der Waals surface area contributed by atoms with E-state index in [1.54, 1.807) is 6.20 Å². The molecule has 0 bridgehead atoms. The first-order valence-electron chi connectivity index (χ1n) is 7.60. The summed E-state index contributed by atoms with van der Waals surface area (Å²) in [4.78, 5) is 12.2. The number of hydrogen-bond donors (Lipinski definition) is 1. The number of nitrogens with zero attached hydrogens (tertiary/aromatic N) is 2. The van der Waals surface area contributed by atoms with Crippen molar-refractivity contribution in [3.05, 3.63) is 77.5 Å². The Morgan fingerprint density at radius 2 is 2.17 bits per heavy atom. The Morgan fingerprint density at radius 3 is 2.91 bits per heavy atom. The summed E-state index contributed by atoms with van der Waals surface area (Å²) in [6.07, 6.45) is 4.33. The van der Waals surface area contributed by atoms with Gasteiger partial charge in [-0.1, -0.05) is 12.1 Å². The molecule has 3 rings (SSSR count). The van der Waals surface area contributed by atoms with E-state index in [1.165, 1.54) is 0 Å². The maximum Gasteiger partial charge on any atom is 0.251 e. The third-order valence-electron chi connectivity index (χ3n) is 3.55. The van der Waals surface area contributed by atoms with Gasteiger partial charge in [0.1, 0.15) is 11.5 Å². The lowest BCUT2D eigenvalue weighted by Crippen LogP contribution is -2.25. The Balaban J connectivity index is 1.56. The SMILES string of the molecule is Cc1ccc(CCNC(=O)c2cccc(Cn3cccn3)c2)o1. The first-order chi connectivity index (χ1) is 11.2. The molecule has 118 valence electrons. The van der Waals surface area contributed by atoms with Crippen molar-refractivity contribution in [2.75, 3.05) is 6.54 Å². The number of aromatic nitrogens is 2. The molecule has 0 aliphatic rings. The number of furan rings is 1. The van der Waals surface area contributed by atoms with E-state index in [0.717, 1.165) is 17.1 Å². The molecule has 5 heteroatoms. The number of benzene rings is 1. The summed E-state index contributed by atoms with van der Waals surface area (Å²) in [6.45, 7) is 3.11. The normalized spacial score (nSPS) is 10.7. The first-order valence-corrected chi connectivity index (χ1v) is 7.60. The summed E-state index contributed by atoms with van der Waals surface area (Å²) in [6, 6.07) is 13.3. The van der Waals surface area contributed by atoms with Crippen molar-refractivity contribution in [2.24, 2.45) is 0 Å². The van der Waals surface area contributed by atoms with Gasteiger partial charge in [0.25, 0.3) is 5.91 Å². The van der Waals surface area contributed by atoms with Gasteiger partial charge in [-0.3, -0.25) is 9.48 Å². The zero-order valence-corrected chi connectivity index (χ0v) is 13.0. The number of nitrogens with one attached hydrogen (secondary N) is 1. The van der Waals surface area contributed by atoms with E-state index in [-0.39, 0.29) is 5.91 Å². The highest BCUT2D eigenvalue weighted by atomic mass is 16.3. The molecule has 0 aliphatic carbocycles. The van der Waals surface area contributed by atoms with Crippen molar-refractivity contribution < 1.29 is 9.21 Å². The molecule has 2 aromatic heterocycles. The van der Waals surface area contributed by atoms with E-state index in [1.807, 2.05) is 60.3 Å². The zero-order chi connectivity index (χ0) is 16.1. The van der Waals surface area contributed by atoms with Crippen LogP contribution in [0.2, 0.25) is 0 Å². The van der Waals surface area contributed by atoms with Crippen molar-refractivity contribution in [2.45, 2.75) is 19.9 Å². The second kappa shape index (κ2) is 6.96. The molecule has 0 radical (unpaired) electrons. The molecule has 3 aromatic rings. The van der Waals surface area contributed by atoms with Gasteiger partial charge >= 0.3 is 0 Å². The van der Waals surface area contributed by atoms with Crippen molar-refractivity contribution in [3.8, 4) is 0 Å². The molecule has 0 atom stereocenters. The van der Waals surface area contributed by atoms with E-state index in [0.29, 0.717) is 25.1 Å². The van der Waals surface area contributed by atoms with Crippen molar-refractivity contribution in [1.29, 1.82) is 0 Å². The van der Waals surface area contributed by atoms with Crippen LogP contribution in [0.15, 0.2) is 59.3 Å². The molecule has 0 saturated carbocycles. The van der Waals surface area contributed by atoms with Crippen LogP contribution in [0.3, 0.4) is 0 Å². The van der Waals surface area contributed by atoms with Crippen LogP contribution in [0.5, 0.6) is 0 Å². The van der Waals surface area contributed by atoms with Gasteiger partial charge < -0.3 is 9.73 Å². The number of carbonyl (C=O) groups is 1. The topological polar surface area (TPSA) is 60.1 Å². The van der Waals surface area contributed by atoms with Crippen LogP contribution in [0.1, 0.15) is 27.4 Å². The third-order valence-corrected chi connectivity index (χ3v) is 3.55. The first kappa shape index (κ1) is 15.1. The Hall–Kier alpha value is -2.82. The molecule has 0 fully saturated rings. The second-order valence-electron chi connectivity index (χ2n) is 5.42. The Kier molecular flexibility index (Phi) is 4.57. The van der Waals surface area contributed by atoms with E-state index >= 15 is 0 Å². The lowest BCUT2D eigenvalue weighted by molar-refractivity contribution is 0.0953. The number of hydrogen-bond acceptors (Lipinski definition) is 3. The van der Waals surface area contributed by atoms with Crippen LogP contribution < -0.4 is 5.32 Å². The largest absolute Gasteiger partial charge is 0.466 e. The minimum absolute atomic E-state index is 0.0735. The highest BCUT2D eigenvalue weighted by molar-refractivity contribution is 5.94. The summed E-state index contributed by atoms with van der Waals surface area (Å²) in [7, 11) is 0. The summed E-state index contributed by atoms with van der Waals surface area (Å²) in [5.41, 5.74) is 1.70. The summed E-state index contributed by atoms with van der Waals surface area (Å²) < 4.78 is 7.32. The number of carbonyl (C=O) groups excluding carboxylic acids is 1. The van der Waals surface area contributed by atoms with Crippen LogP contribution in [0.25, 0.3) is 0 Å². The number of amides is 1. The molecular weight excluding hydrogens is 290 g/mol. The lowest BCUT2D eigenvalue weighted by Gasteiger charge is -2.07. The smallest absolute Gasteiger partial charge is 0.251 e. The fourth-order valence-corrected chi connectivity index (χ4v) is 2.41. The van der Waals surface area contributed by atoms with E-state index in [9.17, 15) is 4.79 Å². The zero-order valence-electron chi connectivity index (χ0n) is 13.0. The van der Waals surface area contributed by atoms with Gasteiger partial charge in [-0.2, -0.15) is 5.10 Å². The van der Waals surface area contributed by atoms with E-state index in [4.69, 9.17) is 4.42 Å². The molecule has 0 saturated heterocycles. The average Bonchev–Trinajstić information content (AvgIpc) is 3.19. The van der Waals surface area contributed by atoms with Crippen LogP contribution >= 0.6 is 0 Å². The summed E-state index contributed by atoms with van der Waals surface area (Å²) in [5.74, 6) is 1.70. The Bertz CT molecular complexity index is 775. The molecule has 5 nitrogen and oxygen atoms in total. The van der Waals surface area contributed by atoms with Crippen LogP contribution in [0.4, 0.5) is 0 Å². The molecular formula is C18H19N3O2. The fraction of sp³-hybridized carbons (Fsp3) is 0.222. The quantitative estimate of drug-likeness (QED) is 0.761. The van der Waals surface area contributed by atoms with Crippen LogP contribution in [0, 0.1) is 6.92 Å². The highest BCUT2D eigenvalue weighted by Gasteiger charge is 2.07. The van der Waals surface area contributed by atoms with Gasteiger partial charge in [0, 0.05) is 30.9 Å². The molecule has 0 aliphatic heterocycles. The van der Waals surface area contributed by atoms with E-state index in [2.05, 4.69) is 10.4 Å². The Morgan fingerprint density at radius 1 is 1.26 bits per heavy atom. The maximum atomic E-state index is 12.2. The molecule has 1 aromatic carbocycles. The van der Waals surface area contributed by atoms with Gasteiger partial charge in [-0.25, -0.2) is 0 Å². The van der Waals surface area contributed by atoms with Gasteiger partial charge in [0.05, 0.1) is 6.54 Å². The van der Waals surface area contributed by atoms with Crippen molar-refractivity contribution in [1.82, 2.24) is 15.1 Å². The van der Waals surface area contributed by atoms with Crippen LogP contribution in [-0.2, 0) is 13.0 Å². The molecule has 0 spiro atoms.